The summed E-state index contributed by atoms with van der Waals surface area (Å²) in [5.41, 5.74) is 0. The molecule has 3 aliphatic carbocycles. The molecule has 27 heavy (non-hydrogen) atoms. The maximum absolute atomic E-state index is 13.2. The lowest BCUT2D eigenvalue weighted by Crippen LogP contribution is -2.41. The van der Waals surface area contributed by atoms with Crippen molar-refractivity contribution in [2.45, 2.75) is 89.9 Å². The Kier molecular flexibility index (Phi) is 7.13. The van der Waals surface area contributed by atoms with E-state index >= 15 is 0 Å². The summed E-state index contributed by atoms with van der Waals surface area (Å²) in [7, 11) is 0. The van der Waals surface area contributed by atoms with E-state index in [0.29, 0.717) is 23.7 Å². The number of fused-ring (bicyclic) bond motifs is 1. The van der Waals surface area contributed by atoms with Crippen molar-refractivity contribution in [3.8, 4) is 0 Å². The molecular weight excluding hydrogens is 332 g/mol. The average molecular weight is 375 g/mol. The van der Waals surface area contributed by atoms with Gasteiger partial charge in [-0.2, -0.15) is 0 Å². The maximum atomic E-state index is 13.2. The van der Waals surface area contributed by atoms with Gasteiger partial charge in [-0.1, -0.05) is 44.9 Å². The predicted octanol–water partition coefficient (Wildman–Crippen LogP) is 5.00. The third-order valence-electron chi connectivity index (χ3n) is 8.37. The van der Waals surface area contributed by atoms with Crippen LogP contribution in [-0.4, -0.2) is 37.0 Å². The number of carbonyl (C=O) groups is 1. The lowest BCUT2D eigenvalue weighted by molar-refractivity contribution is -0.130. The van der Waals surface area contributed by atoms with Gasteiger partial charge in [-0.05, 0) is 75.2 Å². The number of likely N-dealkylation sites (tertiary alicyclic amines) is 1. The van der Waals surface area contributed by atoms with Crippen LogP contribution in [0.3, 0.4) is 0 Å². The van der Waals surface area contributed by atoms with Crippen molar-refractivity contribution < 1.29 is 4.79 Å². The minimum Gasteiger partial charge on any atom is -0.356 e. The van der Waals surface area contributed by atoms with Crippen molar-refractivity contribution in [3.05, 3.63) is 0 Å². The van der Waals surface area contributed by atoms with Gasteiger partial charge in [0.2, 0.25) is 5.91 Å². The van der Waals surface area contributed by atoms with Crippen molar-refractivity contribution in [2.24, 2.45) is 29.6 Å². The van der Waals surface area contributed by atoms with Crippen molar-refractivity contribution >= 4 is 5.91 Å². The quantitative estimate of drug-likeness (QED) is 0.636. The molecule has 1 N–H and O–H groups in total. The molecular formula is C24H42N2O. The zero-order valence-electron chi connectivity index (χ0n) is 17.5. The summed E-state index contributed by atoms with van der Waals surface area (Å²) in [4.78, 5) is 15.8. The second-order valence-electron chi connectivity index (χ2n) is 10.2. The largest absolute Gasteiger partial charge is 0.356 e. The van der Waals surface area contributed by atoms with Gasteiger partial charge in [0.15, 0.2) is 0 Å². The lowest BCUT2D eigenvalue weighted by atomic mass is 9.69. The molecule has 4 fully saturated rings. The molecule has 2 atom stereocenters. The molecule has 1 aliphatic heterocycles. The smallest absolute Gasteiger partial charge is 0.223 e. The van der Waals surface area contributed by atoms with Crippen molar-refractivity contribution in [2.75, 3.05) is 26.2 Å². The van der Waals surface area contributed by atoms with Crippen LogP contribution in [-0.2, 0) is 4.79 Å². The standard InChI is InChI=1S/C24H42N2O/c27-24(25-15-8-16-26-17-21-13-7-14-22(21)18-26)23(19-9-3-1-4-10-19)20-11-5-2-6-12-20/h19-23H,1-18H2,(H,25,27). The molecule has 154 valence electrons. The maximum Gasteiger partial charge on any atom is 0.223 e. The molecule has 4 rings (SSSR count). The SMILES string of the molecule is O=C(NCCCN1CC2CCCC2C1)C(C1CCCCC1)C1CCCCC1. The first-order valence-corrected chi connectivity index (χ1v) is 12.3. The number of carbonyl (C=O) groups excluding carboxylic acids is 1. The fraction of sp³-hybridized carbons (Fsp3) is 0.958. The van der Waals surface area contributed by atoms with Crippen LogP contribution in [0.4, 0.5) is 0 Å². The van der Waals surface area contributed by atoms with Gasteiger partial charge in [-0.25, -0.2) is 0 Å². The average Bonchev–Trinajstić information content (AvgIpc) is 3.29. The van der Waals surface area contributed by atoms with Crippen LogP contribution in [0.1, 0.15) is 89.9 Å². The molecule has 0 spiro atoms. The van der Waals surface area contributed by atoms with Gasteiger partial charge in [0.05, 0.1) is 0 Å². The van der Waals surface area contributed by atoms with Gasteiger partial charge >= 0.3 is 0 Å². The summed E-state index contributed by atoms with van der Waals surface area (Å²) < 4.78 is 0. The van der Waals surface area contributed by atoms with Crippen molar-refractivity contribution in [1.29, 1.82) is 0 Å². The van der Waals surface area contributed by atoms with E-state index < -0.39 is 0 Å². The molecule has 2 unspecified atom stereocenters. The van der Waals surface area contributed by atoms with Gasteiger partial charge in [0.1, 0.15) is 0 Å². The molecule has 1 amide bonds. The number of hydrogen-bond acceptors (Lipinski definition) is 2. The molecule has 3 saturated carbocycles. The van der Waals surface area contributed by atoms with Gasteiger partial charge < -0.3 is 10.2 Å². The van der Waals surface area contributed by atoms with E-state index in [0.717, 1.165) is 24.8 Å². The zero-order chi connectivity index (χ0) is 18.5. The van der Waals surface area contributed by atoms with E-state index in [1.165, 1.54) is 103 Å². The highest BCUT2D eigenvalue weighted by atomic mass is 16.1. The topological polar surface area (TPSA) is 32.3 Å². The fourth-order valence-electron chi connectivity index (χ4n) is 6.95. The monoisotopic (exact) mass is 374 g/mol. The number of nitrogens with zero attached hydrogens (tertiary/aromatic N) is 1. The van der Waals surface area contributed by atoms with Gasteiger partial charge in [-0.15, -0.1) is 0 Å². The Morgan fingerprint density at radius 2 is 1.33 bits per heavy atom. The summed E-state index contributed by atoms with van der Waals surface area (Å²) in [6.45, 7) is 4.72. The summed E-state index contributed by atoms with van der Waals surface area (Å²) >= 11 is 0. The van der Waals surface area contributed by atoms with Crippen LogP contribution >= 0.6 is 0 Å². The second-order valence-corrected chi connectivity index (χ2v) is 10.2. The third kappa shape index (κ3) is 5.08. The minimum absolute atomic E-state index is 0.316. The first-order valence-electron chi connectivity index (χ1n) is 12.3. The Morgan fingerprint density at radius 1 is 0.778 bits per heavy atom. The molecule has 0 aromatic carbocycles. The van der Waals surface area contributed by atoms with E-state index in [-0.39, 0.29) is 0 Å². The van der Waals surface area contributed by atoms with E-state index in [2.05, 4.69) is 10.2 Å². The second kappa shape index (κ2) is 9.76. The Bertz CT molecular complexity index is 437. The summed E-state index contributed by atoms with van der Waals surface area (Å²) in [6.07, 6.45) is 18.8. The third-order valence-corrected chi connectivity index (χ3v) is 8.37. The fourth-order valence-corrected chi connectivity index (χ4v) is 6.95. The van der Waals surface area contributed by atoms with E-state index in [1.54, 1.807) is 0 Å². The highest BCUT2D eigenvalue weighted by Crippen LogP contribution is 2.40. The first-order chi connectivity index (χ1) is 13.3. The van der Waals surface area contributed by atoms with Crippen molar-refractivity contribution in [1.82, 2.24) is 10.2 Å². The predicted molar refractivity (Wildman–Crippen MR) is 112 cm³/mol. The summed E-state index contributed by atoms with van der Waals surface area (Å²) in [6, 6.07) is 0. The van der Waals surface area contributed by atoms with Crippen LogP contribution in [0.25, 0.3) is 0 Å². The Hall–Kier alpha value is -0.570. The van der Waals surface area contributed by atoms with Crippen LogP contribution in [0.2, 0.25) is 0 Å². The Balaban J connectivity index is 1.22. The van der Waals surface area contributed by atoms with Crippen molar-refractivity contribution in [3.63, 3.8) is 0 Å². The van der Waals surface area contributed by atoms with E-state index in [9.17, 15) is 4.79 Å². The normalized spacial score (nSPS) is 30.7. The minimum atomic E-state index is 0.316. The van der Waals surface area contributed by atoms with Gasteiger partial charge in [0, 0.05) is 25.6 Å². The van der Waals surface area contributed by atoms with Gasteiger partial charge in [-0.3, -0.25) is 4.79 Å². The molecule has 0 aromatic heterocycles. The number of amides is 1. The van der Waals surface area contributed by atoms with Crippen LogP contribution in [0.5, 0.6) is 0 Å². The van der Waals surface area contributed by atoms with E-state index in [4.69, 9.17) is 0 Å². The molecule has 0 bridgehead atoms. The number of nitrogens with one attached hydrogen (secondary N) is 1. The highest BCUT2D eigenvalue weighted by Gasteiger charge is 2.37. The molecule has 1 heterocycles. The molecule has 3 heteroatoms. The Labute approximate surface area is 167 Å². The van der Waals surface area contributed by atoms with Crippen LogP contribution in [0, 0.1) is 29.6 Å². The number of hydrogen-bond donors (Lipinski definition) is 1. The molecule has 3 nitrogen and oxygen atoms in total. The molecule has 0 aromatic rings. The lowest BCUT2D eigenvalue weighted by Gasteiger charge is -2.36. The van der Waals surface area contributed by atoms with Gasteiger partial charge in [0.25, 0.3) is 0 Å². The van der Waals surface area contributed by atoms with E-state index in [1.807, 2.05) is 0 Å². The summed E-state index contributed by atoms with van der Waals surface area (Å²) in [5, 5.41) is 3.39. The summed E-state index contributed by atoms with van der Waals surface area (Å²) in [5.74, 6) is 4.03. The molecule has 4 aliphatic rings. The zero-order valence-corrected chi connectivity index (χ0v) is 17.5. The van der Waals surface area contributed by atoms with Crippen LogP contribution in [0.15, 0.2) is 0 Å². The van der Waals surface area contributed by atoms with Crippen LogP contribution < -0.4 is 5.32 Å². The highest BCUT2D eigenvalue weighted by molar-refractivity contribution is 5.79. The Morgan fingerprint density at radius 3 is 1.89 bits per heavy atom. The first kappa shape index (κ1) is 19.7. The molecule has 0 radical (unpaired) electrons. The number of rotatable bonds is 7. The molecule has 1 saturated heterocycles.